The van der Waals surface area contributed by atoms with Gasteiger partial charge in [-0.05, 0) is 12.0 Å². The molecule has 2 heterocycles. The summed E-state index contributed by atoms with van der Waals surface area (Å²) in [5.74, 6) is 1.41. The van der Waals surface area contributed by atoms with Crippen LogP contribution in [0.3, 0.4) is 0 Å². The van der Waals surface area contributed by atoms with Gasteiger partial charge in [-0.1, -0.05) is 13.8 Å². The SMILES string of the molecule is CC(C)c1c(N)nc(-n2cccn2)nc1N. The Kier molecular flexibility index (Phi) is 2.47. The van der Waals surface area contributed by atoms with Gasteiger partial charge in [0.25, 0.3) is 5.95 Å². The van der Waals surface area contributed by atoms with Crippen LogP contribution in [0.15, 0.2) is 18.5 Å². The minimum absolute atomic E-state index is 0.201. The molecule has 4 N–H and O–H groups in total. The van der Waals surface area contributed by atoms with Crippen LogP contribution in [0.4, 0.5) is 11.6 Å². The molecule has 0 aliphatic carbocycles. The van der Waals surface area contributed by atoms with Gasteiger partial charge >= 0.3 is 0 Å². The number of nitrogens with two attached hydrogens (primary N) is 2. The fourth-order valence-corrected chi connectivity index (χ4v) is 1.57. The van der Waals surface area contributed by atoms with E-state index in [0.717, 1.165) is 5.56 Å². The average molecular weight is 218 g/mol. The van der Waals surface area contributed by atoms with Crippen molar-refractivity contribution >= 4 is 11.6 Å². The molecule has 0 unspecified atom stereocenters. The zero-order valence-corrected chi connectivity index (χ0v) is 9.25. The van der Waals surface area contributed by atoms with Crippen LogP contribution in [0, 0.1) is 0 Å². The van der Waals surface area contributed by atoms with Crippen LogP contribution in [-0.4, -0.2) is 19.7 Å². The molecule has 0 saturated carbocycles. The largest absolute Gasteiger partial charge is 0.383 e. The van der Waals surface area contributed by atoms with E-state index >= 15 is 0 Å². The van der Waals surface area contributed by atoms with E-state index in [-0.39, 0.29) is 5.92 Å². The molecular weight excluding hydrogens is 204 g/mol. The molecule has 2 aromatic rings. The summed E-state index contributed by atoms with van der Waals surface area (Å²) >= 11 is 0. The molecule has 2 rings (SSSR count). The standard InChI is InChI=1S/C10H14N6/c1-6(2)7-8(11)14-10(15-9(7)12)16-5-3-4-13-16/h3-6H,1-2H3,(H4,11,12,14,15). The van der Waals surface area contributed by atoms with Gasteiger partial charge in [-0.25, -0.2) is 4.68 Å². The van der Waals surface area contributed by atoms with Crippen LogP contribution >= 0.6 is 0 Å². The number of anilines is 2. The van der Waals surface area contributed by atoms with Crippen molar-refractivity contribution in [2.75, 3.05) is 11.5 Å². The second kappa shape index (κ2) is 3.80. The van der Waals surface area contributed by atoms with Gasteiger partial charge in [-0.3, -0.25) is 0 Å². The summed E-state index contributed by atoms with van der Waals surface area (Å²) in [6.45, 7) is 4.00. The fraction of sp³-hybridized carbons (Fsp3) is 0.300. The average Bonchev–Trinajstić information content (AvgIpc) is 2.67. The van der Waals surface area contributed by atoms with Crippen LogP contribution < -0.4 is 11.5 Å². The number of nitrogen functional groups attached to an aromatic ring is 2. The number of hydrogen-bond acceptors (Lipinski definition) is 5. The Balaban J connectivity index is 2.53. The minimum atomic E-state index is 0.201. The zero-order valence-electron chi connectivity index (χ0n) is 9.25. The van der Waals surface area contributed by atoms with E-state index in [4.69, 9.17) is 11.5 Å². The third kappa shape index (κ3) is 1.69. The topological polar surface area (TPSA) is 95.6 Å². The third-order valence-electron chi connectivity index (χ3n) is 2.28. The van der Waals surface area contributed by atoms with Crippen molar-refractivity contribution in [1.82, 2.24) is 19.7 Å². The maximum Gasteiger partial charge on any atom is 0.254 e. The number of hydrogen-bond donors (Lipinski definition) is 2. The number of rotatable bonds is 2. The third-order valence-corrected chi connectivity index (χ3v) is 2.28. The lowest BCUT2D eigenvalue weighted by molar-refractivity contribution is 0.793. The predicted molar refractivity (Wildman–Crippen MR) is 62.1 cm³/mol. The molecule has 0 aliphatic heterocycles. The molecule has 0 fully saturated rings. The summed E-state index contributed by atoms with van der Waals surface area (Å²) in [7, 11) is 0. The van der Waals surface area contributed by atoms with Gasteiger partial charge < -0.3 is 11.5 Å². The maximum atomic E-state index is 5.86. The molecule has 0 aromatic carbocycles. The molecule has 0 atom stereocenters. The fourth-order valence-electron chi connectivity index (χ4n) is 1.57. The normalized spacial score (nSPS) is 10.9. The molecule has 0 amide bonds. The summed E-state index contributed by atoms with van der Waals surface area (Å²) in [5.41, 5.74) is 12.5. The van der Waals surface area contributed by atoms with Gasteiger partial charge in [-0.15, -0.1) is 0 Å². The molecule has 84 valence electrons. The lowest BCUT2D eigenvalue weighted by atomic mass is 10.1. The summed E-state index contributed by atoms with van der Waals surface area (Å²) in [6.07, 6.45) is 3.38. The molecular formula is C10H14N6. The Morgan fingerprint density at radius 1 is 1.19 bits per heavy atom. The molecule has 0 aliphatic rings. The van der Waals surface area contributed by atoms with Crippen molar-refractivity contribution in [2.45, 2.75) is 19.8 Å². The first-order valence-electron chi connectivity index (χ1n) is 5.02. The second-order valence-electron chi connectivity index (χ2n) is 3.81. The molecule has 0 radical (unpaired) electrons. The molecule has 6 heteroatoms. The lowest BCUT2D eigenvalue weighted by Crippen LogP contribution is -2.11. The maximum absolute atomic E-state index is 5.86. The van der Waals surface area contributed by atoms with Gasteiger partial charge in [0, 0.05) is 18.0 Å². The molecule has 0 saturated heterocycles. The highest BCUT2D eigenvalue weighted by Gasteiger charge is 2.13. The van der Waals surface area contributed by atoms with Crippen molar-refractivity contribution < 1.29 is 0 Å². The second-order valence-corrected chi connectivity index (χ2v) is 3.81. The van der Waals surface area contributed by atoms with Gasteiger partial charge in [0.05, 0.1) is 0 Å². The van der Waals surface area contributed by atoms with Crippen LogP contribution in [0.1, 0.15) is 25.3 Å². The zero-order chi connectivity index (χ0) is 11.7. The van der Waals surface area contributed by atoms with E-state index in [2.05, 4.69) is 15.1 Å². The van der Waals surface area contributed by atoms with Gasteiger partial charge in [0.2, 0.25) is 0 Å². The molecule has 0 bridgehead atoms. The van der Waals surface area contributed by atoms with E-state index in [0.29, 0.717) is 17.6 Å². The smallest absolute Gasteiger partial charge is 0.254 e. The van der Waals surface area contributed by atoms with E-state index in [9.17, 15) is 0 Å². The van der Waals surface area contributed by atoms with Crippen molar-refractivity contribution in [3.63, 3.8) is 0 Å². The minimum Gasteiger partial charge on any atom is -0.383 e. The van der Waals surface area contributed by atoms with Crippen LogP contribution in [0.5, 0.6) is 0 Å². The van der Waals surface area contributed by atoms with E-state index in [1.807, 2.05) is 13.8 Å². The summed E-state index contributed by atoms with van der Waals surface area (Å²) < 4.78 is 1.52. The van der Waals surface area contributed by atoms with Gasteiger partial charge in [0.1, 0.15) is 11.6 Å². The van der Waals surface area contributed by atoms with E-state index in [1.54, 1.807) is 18.5 Å². The van der Waals surface area contributed by atoms with E-state index in [1.165, 1.54) is 4.68 Å². The van der Waals surface area contributed by atoms with Crippen molar-refractivity contribution in [3.05, 3.63) is 24.0 Å². The van der Waals surface area contributed by atoms with Gasteiger partial charge in [-0.2, -0.15) is 15.1 Å². The monoisotopic (exact) mass is 218 g/mol. The Hall–Kier alpha value is -2.11. The Labute approximate surface area is 93.3 Å². The summed E-state index contributed by atoms with van der Waals surface area (Å²) in [5, 5.41) is 4.02. The van der Waals surface area contributed by atoms with Gasteiger partial charge in [0.15, 0.2) is 0 Å². The molecule has 6 nitrogen and oxygen atoms in total. The highest BCUT2D eigenvalue weighted by molar-refractivity contribution is 5.56. The van der Waals surface area contributed by atoms with E-state index < -0.39 is 0 Å². The van der Waals surface area contributed by atoms with Crippen LogP contribution in [0.25, 0.3) is 5.95 Å². The highest BCUT2D eigenvalue weighted by atomic mass is 15.3. The van der Waals surface area contributed by atoms with Crippen LogP contribution in [0.2, 0.25) is 0 Å². The van der Waals surface area contributed by atoms with Crippen molar-refractivity contribution in [2.24, 2.45) is 0 Å². The number of nitrogens with zero attached hydrogens (tertiary/aromatic N) is 4. The molecule has 16 heavy (non-hydrogen) atoms. The first-order valence-corrected chi connectivity index (χ1v) is 5.02. The van der Waals surface area contributed by atoms with Crippen molar-refractivity contribution in [1.29, 1.82) is 0 Å². The predicted octanol–water partition coefficient (Wildman–Crippen LogP) is 0.950. The van der Waals surface area contributed by atoms with Crippen LogP contribution in [-0.2, 0) is 0 Å². The Bertz CT molecular complexity index is 465. The molecule has 2 aromatic heterocycles. The Morgan fingerprint density at radius 3 is 2.25 bits per heavy atom. The highest BCUT2D eigenvalue weighted by Crippen LogP contribution is 2.25. The summed E-state index contributed by atoms with van der Waals surface area (Å²) in [4.78, 5) is 8.37. The molecule has 0 spiro atoms. The first kappa shape index (κ1) is 10.4. The quantitative estimate of drug-likeness (QED) is 0.782. The first-order chi connectivity index (χ1) is 7.59. The lowest BCUT2D eigenvalue weighted by Gasteiger charge is -2.12. The summed E-state index contributed by atoms with van der Waals surface area (Å²) in [6, 6.07) is 1.78. The van der Waals surface area contributed by atoms with Crippen molar-refractivity contribution in [3.8, 4) is 5.95 Å². The Morgan fingerprint density at radius 2 is 1.81 bits per heavy atom. The number of aromatic nitrogens is 4.